The number of hydrogen-bond donors (Lipinski definition) is 0. The van der Waals surface area contributed by atoms with Crippen molar-refractivity contribution in [2.75, 3.05) is 7.05 Å². The lowest BCUT2D eigenvalue weighted by Gasteiger charge is -2.24. The molecule has 0 fully saturated rings. The monoisotopic (exact) mass is 293 g/mol. The van der Waals surface area contributed by atoms with Crippen LogP contribution in [0, 0.1) is 5.82 Å². The Bertz CT molecular complexity index is 519. The summed E-state index contributed by atoms with van der Waals surface area (Å²) in [5.41, 5.74) is 0.410. The highest BCUT2D eigenvalue weighted by atomic mass is 35.5. The molecule has 102 valence electrons. The molecule has 0 saturated heterocycles. The number of alkyl halides is 1. The van der Waals surface area contributed by atoms with Crippen LogP contribution < -0.4 is 0 Å². The second-order valence-corrected chi connectivity index (χ2v) is 6.40. The Balaban J connectivity index is 3.31. The Labute approximate surface area is 113 Å². The Hall–Kier alpha value is -0.650. The van der Waals surface area contributed by atoms with Crippen molar-refractivity contribution in [2.45, 2.75) is 37.1 Å². The third-order valence-electron chi connectivity index (χ3n) is 3.04. The summed E-state index contributed by atoms with van der Waals surface area (Å²) in [6.07, 6.45) is 0.682. The van der Waals surface area contributed by atoms with Crippen molar-refractivity contribution in [3.8, 4) is 0 Å². The normalized spacial score (nSPS) is 13.9. The molecular formula is C12H17ClFNO2S. The zero-order valence-corrected chi connectivity index (χ0v) is 12.2. The number of nitrogens with zero attached hydrogens (tertiary/aromatic N) is 1. The Kier molecular flexibility index (Phi) is 5.13. The largest absolute Gasteiger partial charge is 0.243 e. The molecule has 0 amide bonds. The van der Waals surface area contributed by atoms with Gasteiger partial charge in [-0.05, 0) is 31.0 Å². The molecule has 0 spiro atoms. The van der Waals surface area contributed by atoms with E-state index in [1.165, 1.54) is 23.5 Å². The van der Waals surface area contributed by atoms with Gasteiger partial charge in [0.15, 0.2) is 0 Å². The van der Waals surface area contributed by atoms with Gasteiger partial charge in [0.05, 0.1) is 4.90 Å². The van der Waals surface area contributed by atoms with Crippen LogP contribution in [0.4, 0.5) is 4.39 Å². The van der Waals surface area contributed by atoms with Gasteiger partial charge in [-0.15, -0.1) is 11.6 Å². The topological polar surface area (TPSA) is 37.4 Å². The fraction of sp³-hybridized carbons (Fsp3) is 0.500. The van der Waals surface area contributed by atoms with E-state index in [-0.39, 0.29) is 16.8 Å². The second kappa shape index (κ2) is 5.99. The average Bonchev–Trinajstić information content (AvgIpc) is 2.36. The fourth-order valence-corrected chi connectivity index (χ4v) is 3.51. The summed E-state index contributed by atoms with van der Waals surface area (Å²) in [7, 11) is -2.21. The molecule has 1 atom stereocenters. The summed E-state index contributed by atoms with van der Waals surface area (Å²) in [4.78, 5) is -0.0553. The van der Waals surface area contributed by atoms with E-state index in [0.29, 0.717) is 12.0 Å². The van der Waals surface area contributed by atoms with Gasteiger partial charge in [0, 0.05) is 19.0 Å². The molecule has 1 aromatic rings. The van der Waals surface area contributed by atoms with Crippen LogP contribution in [0.2, 0.25) is 0 Å². The van der Waals surface area contributed by atoms with Gasteiger partial charge in [-0.2, -0.15) is 4.31 Å². The van der Waals surface area contributed by atoms with E-state index in [9.17, 15) is 12.8 Å². The van der Waals surface area contributed by atoms with Crippen molar-refractivity contribution in [2.24, 2.45) is 0 Å². The number of benzene rings is 1. The summed E-state index contributed by atoms with van der Waals surface area (Å²) in [5.74, 6) is -0.552. The van der Waals surface area contributed by atoms with E-state index < -0.39 is 15.8 Å². The van der Waals surface area contributed by atoms with Crippen LogP contribution in [-0.4, -0.2) is 25.8 Å². The molecule has 6 heteroatoms. The SMILES string of the molecule is CCC(C)N(C)S(=O)(=O)c1cc(F)ccc1CCl. The second-order valence-electron chi connectivity index (χ2n) is 4.16. The maximum Gasteiger partial charge on any atom is 0.243 e. The first kappa shape index (κ1) is 15.4. The van der Waals surface area contributed by atoms with Gasteiger partial charge in [0.2, 0.25) is 10.0 Å². The van der Waals surface area contributed by atoms with Crippen LogP contribution in [0.3, 0.4) is 0 Å². The fourth-order valence-electron chi connectivity index (χ4n) is 1.53. The van der Waals surface area contributed by atoms with Crippen molar-refractivity contribution in [1.82, 2.24) is 4.31 Å². The molecule has 0 aliphatic heterocycles. The van der Waals surface area contributed by atoms with Crippen molar-refractivity contribution in [1.29, 1.82) is 0 Å². The van der Waals surface area contributed by atoms with Gasteiger partial charge in [-0.25, -0.2) is 12.8 Å². The number of hydrogen-bond acceptors (Lipinski definition) is 2. The smallest absolute Gasteiger partial charge is 0.207 e. The molecule has 0 heterocycles. The van der Waals surface area contributed by atoms with E-state index in [0.717, 1.165) is 6.07 Å². The third kappa shape index (κ3) is 3.02. The first-order chi connectivity index (χ1) is 8.34. The van der Waals surface area contributed by atoms with Crippen LogP contribution in [0.1, 0.15) is 25.8 Å². The predicted molar refractivity (Wildman–Crippen MR) is 70.7 cm³/mol. The van der Waals surface area contributed by atoms with Crippen LogP contribution >= 0.6 is 11.6 Å². The molecule has 0 bridgehead atoms. The minimum absolute atomic E-state index is 0.0309. The molecule has 3 nitrogen and oxygen atoms in total. The number of rotatable bonds is 5. The molecule has 0 N–H and O–H groups in total. The van der Waals surface area contributed by atoms with E-state index >= 15 is 0 Å². The number of sulfonamides is 1. The molecule has 1 aromatic carbocycles. The molecule has 0 aliphatic carbocycles. The minimum Gasteiger partial charge on any atom is -0.207 e. The summed E-state index contributed by atoms with van der Waals surface area (Å²) in [5, 5.41) is 0. The zero-order chi connectivity index (χ0) is 13.9. The summed E-state index contributed by atoms with van der Waals surface area (Å²) in [6.45, 7) is 3.70. The van der Waals surface area contributed by atoms with Gasteiger partial charge in [-0.1, -0.05) is 13.0 Å². The maximum absolute atomic E-state index is 13.2. The molecule has 1 unspecified atom stereocenters. The highest BCUT2D eigenvalue weighted by molar-refractivity contribution is 7.89. The number of halogens is 2. The van der Waals surface area contributed by atoms with Crippen molar-refractivity contribution >= 4 is 21.6 Å². The average molecular weight is 294 g/mol. The Morgan fingerprint density at radius 1 is 1.44 bits per heavy atom. The van der Waals surface area contributed by atoms with Gasteiger partial charge in [-0.3, -0.25) is 0 Å². The lowest BCUT2D eigenvalue weighted by atomic mass is 10.2. The van der Waals surface area contributed by atoms with E-state index in [2.05, 4.69) is 0 Å². The van der Waals surface area contributed by atoms with Gasteiger partial charge < -0.3 is 0 Å². The standard InChI is InChI=1S/C12H17ClFNO2S/c1-4-9(2)15(3)18(16,17)12-7-11(14)6-5-10(12)8-13/h5-7,9H,4,8H2,1-3H3. The van der Waals surface area contributed by atoms with E-state index in [1.807, 2.05) is 6.92 Å². The quantitative estimate of drug-likeness (QED) is 0.783. The molecule has 1 rings (SSSR count). The van der Waals surface area contributed by atoms with Gasteiger partial charge in [0.25, 0.3) is 0 Å². The summed E-state index contributed by atoms with van der Waals surface area (Å²) >= 11 is 5.70. The third-order valence-corrected chi connectivity index (χ3v) is 5.38. The summed E-state index contributed by atoms with van der Waals surface area (Å²) < 4.78 is 39.2. The molecule has 0 saturated carbocycles. The molecule has 0 radical (unpaired) electrons. The lowest BCUT2D eigenvalue weighted by molar-refractivity contribution is 0.380. The summed E-state index contributed by atoms with van der Waals surface area (Å²) in [6, 6.07) is 3.48. The molecular weight excluding hydrogens is 277 g/mol. The highest BCUT2D eigenvalue weighted by Crippen LogP contribution is 2.24. The van der Waals surface area contributed by atoms with Crippen LogP contribution in [0.25, 0.3) is 0 Å². The minimum atomic E-state index is -3.71. The highest BCUT2D eigenvalue weighted by Gasteiger charge is 2.27. The van der Waals surface area contributed by atoms with Gasteiger partial charge in [0.1, 0.15) is 5.82 Å². The maximum atomic E-state index is 13.2. The first-order valence-electron chi connectivity index (χ1n) is 5.67. The first-order valence-corrected chi connectivity index (χ1v) is 7.64. The van der Waals surface area contributed by atoms with E-state index in [1.54, 1.807) is 6.92 Å². The van der Waals surface area contributed by atoms with Gasteiger partial charge >= 0.3 is 0 Å². The molecule has 0 aliphatic rings. The Morgan fingerprint density at radius 3 is 2.56 bits per heavy atom. The van der Waals surface area contributed by atoms with Crippen LogP contribution in [0.5, 0.6) is 0 Å². The molecule has 0 aromatic heterocycles. The Morgan fingerprint density at radius 2 is 2.06 bits per heavy atom. The van der Waals surface area contributed by atoms with E-state index in [4.69, 9.17) is 11.6 Å². The van der Waals surface area contributed by atoms with Crippen LogP contribution in [-0.2, 0) is 15.9 Å². The lowest BCUT2D eigenvalue weighted by Crippen LogP contribution is -2.35. The predicted octanol–water partition coefficient (Wildman–Crippen LogP) is 2.98. The zero-order valence-electron chi connectivity index (χ0n) is 10.7. The van der Waals surface area contributed by atoms with Crippen molar-refractivity contribution in [3.05, 3.63) is 29.6 Å². The molecule has 18 heavy (non-hydrogen) atoms. The van der Waals surface area contributed by atoms with Crippen molar-refractivity contribution < 1.29 is 12.8 Å². The van der Waals surface area contributed by atoms with Crippen molar-refractivity contribution in [3.63, 3.8) is 0 Å². The van der Waals surface area contributed by atoms with Crippen LogP contribution in [0.15, 0.2) is 23.1 Å².